The van der Waals surface area contributed by atoms with Gasteiger partial charge < -0.3 is 14.7 Å². The number of likely N-dealkylation sites (N-methyl/N-ethyl adjacent to an activating group) is 1. The Morgan fingerprint density at radius 2 is 1.67 bits per heavy atom. The summed E-state index contributed by atoms with van der Waals surface area (Å²) >= 11 is 0. The second-order valence-corrected chi connectivity index (χ2v) is 5.27. The van der Waals surface area contributed by atoms with E-state index in [0.717, 1.165) is 11.4 Å². The Bertz CT molecular complexity index is 346. The third-order valence-electron chi connectivity index (χ3n) is 3.07. The molecule has 0 bridgehead atoms. The zero-order chi connectivity index (χ0) is 13.7. The number of rotatable bonds is 6. The first-order chi connectivity index (χ1) is 8.45. The Morgan fingerprint density at radius 1 is 1.11 bits per heavy atom. The van der Waals surface area contributed by atoms with Gasteiger partial charge in [0.2, 0.25) is 0 Å². The van der Waals surface area contributed by atoms with Gasteiger partial charge in [-0.3, -0.25) is 0 Å². The molecule has 0 aliphatic rings. The van der Waals surface area contributed by atoms with E-state index in [1.54, 1.807) is 0 Å². The van der Waals surface area contributed by atoms with Crippen molar-refractivity contribution in [2.75, 3.05) is 18.6 Å². The summed E-state index contributed by atoms with van der Waals surface area (Å²) in [5.74, 6) is 1.29. The number of nitrogens with zero attached hydrogens (tertiary/aromatic N) is 1. The average molecular weight is 251 g/mol. The van der Waals surface area contributed by atoms with Crippen LogP contribution in [0.3, 0.4) is 0 Å². The average Bonchev–Trinajstić information content (AvgIpc) is 2.29. The lowest BCUT2D eigenvalue weighted by Crippen LogP contribution is -2.38. The van der Waals surface area contributed by atoms with Crippen LogP contribution in [0.4, 0.5) is 5.69 Å². The summed E-state index contributed by atoms with van der Waals surface area (Å²) in [6.45, 7) is 8.43. The van der Waals surface area contributed by atoms with Gasteiger partial charge in [0, 0.05) is 12.7 Å². The molecule has 1 atom stereocenters. The third kappa shape index (κ3) is 3.91. The topological polar surface area (TPSA) is 32.7 Å². The summed E-state index contributed by atoms with van der Waals surface area (Å²) in [6.07, 6.45) is 0.189. The van der Waals surface area contributed by atoms with Crippen molar-refractivity contribution in [2.24, 2.45) is 5.92 Å². The molecule has 1 aromatic carbocycles. The maximum absolute atomic E-state index is 9.44. The summed E-state index contributed by atoms with van der Waals surface area (Å²) in [5.41, 5.74) is 1.10. The molecule has 18 heavy (non-hydrogen) atoms. The highest BCUT2D eigenvalue weighted by Crippen LogP contribution is 2.22. The Balaban J connectivity index is 2.77. The highest BCUT2D eigenvalue weighted by atomic mass is 16.5. The van der Waals surface area contributed by atoms with Gasteiger partial charge in [0.25, 0.3) is 0 Å². The van der Waals surface area contributed by atoms with Gasteiger partial charge in [-0.1, -0.05) is 13.8 Å². The van der Waals surface area contributed by atoms with E-state index in [1.165, 1.54) is 0 Å². The van der Waals surface area contributed by atoms with Crippen molar-refractivity contribution in [1.29, 1.82) is 0 Å². The van der Waals surface area contributed by atoms with Crippen LogP contribution >= 0.6 is 0 Å². The summed E-state index contributed by atoms with van der Waals surface area (Å²) in [6, 6.07) is 8.15. The number of aliphatic hydroxyl groups is 1. The van der Waals surface area contributed by atoms with Crippen LogP contribution in [-0.2, 0) is 0 Å². The fourth-order valence-electron chi connectivity index (χ4n) is 2.00. The summed E-state index contributed by atoms with van der Waals surface area (Å²) in [4.78, 5) is 2.11. The molecule has 0 heterocycles. The smallest absolute Gasteiger partial charge is 0.119 e. The number of hydrogen-bond acceptors (Lipinski definition) is 3. The van der Waals surface area contributed by atoms with Crippen LogP contribution < -0.4 is 9.64 Å². The van der Waals surface area contributed by atoms with Crippen LogP contribution in [0.15, 0.2) is 24.3 Å². The van der Waals surface area contributed by atoms with Gasteiger partial charge in [0.1, 0.15) is 5.75 Å². The van der Waals surface area contributed by atoms with Crippen molar-refractivity contribution in [1.82, 2.24) is 0 Å². The van der Waals surface area contributed by atoms with E-state index in [9.17, 15) is 5.11 Å². The fourth-order valence-corrected chi connectivity index (χ4v) is 2.00. The molecule has 1 rings (SSSR count). The zero-order valence-electron chi connectivity index (χ0n) is 12.1. The molecule has 102 valence electrons. The Morgan fingerprint density at radius 3 is 2.06 bits per heavy atom. The second kappa shape index (κ2) is 6.64. The minimum Gasteiger partial charge on any atom is -0.491 e. The van der Waals surface area contributed by atoms with Crippen molar-refractivity contribution < 1.29 is 9.84 Å². The second-order valence-electron chi connectivity index (χ2n) is 5.27. The van der Waals surface area contributed by atoms with Gasteiger partial charge >= 0.3 is 0 Å². The molecule has 0 radical (unpaired) electrons. The van der Waals surface area contributed by atoms with E-state index in [2.05, 4.69) is 18.7 Å². The van der Waals surface area contributed by atoms with Gasteiger partial charge in [0.15, 0.2) is 0 Å². The zero-order valence-corrected chi connectivity index (χ0v) is 12.1. The van der Waals surface area contributed by atoms with Crippen LogP contribution in [0.5, 0.6) is 5.75 Å². The van der Waals surface area contributed by atoms with E-state index in [4.69, 9.17) is 4.74 Å². The molecule has 0 saturated heterocycles. The lowest BCUT2D eigenvalue weighted by molar-refractivity contribution is 0.234. The standard InChI is InChI=1S/C15H25NO2/c1-11(2)15(10-17)16(5)13-6-8-14(9-7-13)18-12(3)4/h6-9,11-12,15,17H,10H2,1-5H3. The van der Waals surface area contributed by atoms with Crippen molar-refractivity contribution in [2.45, 2.75) is 39.8 Å². The molecule has 0 aromatic heterocycles. The number of anilines is 1. The molecule has 0 saturated carbocycles. The molecule has 3 nitrogen and oxygen atoms in total. The fraction of sp³-hybridized carbons (Fsp3) is 0.600. The van der Waals surface area contributed by atoms with Crippen molar-refractivity contribution >= 4 is 5.69 Å². The first kappa shape index (κ1) is 14.8. The largest absolute Gasteiger partial charge is 0.491 e. The van der Waals surface area contributed by atoms with Gasteiger partial charge in [-0.05, 0) is 44.0 Å². The predicted molar refractivity (Wildman–Crippen MR) is 76.3 cm³/mol. The Kier molecular flexibility index (Phi) is 5.48. The normalized spacial score (nSPS) is 12.9. The molecular formula is C15H25NO2. The highest BCUT2D eigenvalue weighted by molar-refractivity contribution is 5.49. The van der Waals surface area contributed by atoms with E-state index in [1.807, 2.05) is 45.2 Å². The van der Waals surface area contributed by atoms with E-state index < -0.39 is 0 Å². The van der Waals surface area contributed by atoms with Crippen LogP contribution in [0, 0.1) is 5.92 Å². The monoisotopic (exact) mass is 251 g/mol. The van der Waals surface area contributed by atoms with E-state index in [0.29, 0.717) is 5.92 Å². The van der Waals surface area contributed by atoms with Crippen molar-refractivity contribution in [3.05, 3.63) is 24.3 Å². The predicted octanol–water partition coefficient (Wildman–Crippen LogP) is 2.93. The van der Waals surface area contributed by atoms with E-state index in [-0.39, 0.29) is 18.8 Å². The molecule has 0 amide bonds. The molecule has 0 spiro atoms. The number of aliphatic hydroxyl groups excluding tert-OH is 1. The third-order valence-corrected chi connectivity index (χ3v) is 3.07. The molecular weight excluding hydrogens is 226 g/mol. The Hall–Kier alpha value is -1.22. The first-order valence-electron chi connectivity index (χ1n) is 6.56. The van der Waals surface area contributed by atoms with Crippen LogP contribution in [-0.4, -0.2) is 30.9 Å². The first-order valence-corrected chi connectivity index (χ1v) is 6.56. The van der Waals surface area contributed by atoms with Gasteiger partial charge in [-0.25, -0.2) is 0 Å². The maximum Gasteiger partial charge on any atom is 0.119 e. The molecule has 0 aliphatic heterocycles. The molecule has 0 fully saturated rings. The van der Waals surface area contributed by atoms with Crippen molar-refractivity contribution in [3.63, 3.8) is 0 Å². The molecule has 1 N–H and O–H groups in total. The summed E-state index contributed by atoms with van der Waals surface area (Å²) < 4.78 is 5.62. The SMILES string of the molecule is CC(C)Oc1ccc(N(C)C(CO)C(C)C)cc1. The Labute approximate surface area is 110 Å². The number of ether oxygens (including phenoxy) is 1. The maximum atomic E-state index is 9.44. The minimum atomic E-state index is 0.141. The highest BCUT2D eigenvalue weighted by Gasteiger charge is 2.17. The summed E-state index contributed by atoms with van der Waals surface area (Å²) in [5, 5.41) is 9.44. The minimum absolute atomic E-state index is 0.141. The van der Waals surface area contributed by atoms with Crippen LogP contribution in [0.2, 0.25) is 0 Å². The van der Waals surface area contributed by atoms with Crippen molar-refractivity contribution in [3.8, 4) is 5.75 Å². The van der Waals surface area contributed by atoms with Crippen LogP contribution in [0.25, 0.3) is 0 Å². The number of benzene rings is 1. The molecule has 3 heteroatoms. The number of hydrogen-bond donors (Lipinski definition) is 1. The quantitative estimate of drug-likeness (QED) is 0.843. The van der Waals surface area contributed by atoms with Crippen LogP contribution in [0.1, 0.15) is 27.7 Å². The van der Waals surface area contributed by atoms with Gasteiger partial charge in [0.05, 0.1) is 18.8 Å². The lowest BCUT2D eigenvalue weighted by Gasteiger charge is -2.31. The molecule has 0 aliphatic carbocycles. The lowest BCUT2D eigenvalue weighted by atomic mass is 10.0. The van der Waals surface area contributed by atoms with Gasteiger partial charge in [-0.2, -0.15) is 0 Å². The molecule has 1 aromatic rings. The van der Waals surface area contributed by atoms with Gasteiger partial charge in [-0.15, -0.1) is 0 Å². The molecule has 1 unspecified atom stereocenters. The summed E-state index contributed by atoms with van der Waals surface area (Å²) in [7, 11) is 2.01. The van der Waals surface area contributed by atoms with E-state index >= 15 is 0 Å².